The number of hydrogen-bond acceptors (Lipinski definition) is 4. The number of nitrogens with one attached hydrogen (secondary N) is 2. The SMILES string of the molecule is O=C(NCc1nc2ccccc2s1)N1CCCC[C@H]1c1cn[nH]c1. The number of H-pyrrole nitrogens is 1. The van der Waals surface area contributed by atoms with Crippen LogP contribution in [0.25, 0.3) is 10.2 Å². The van der Waals surface area contributed by atoms with Gasteiger partial charge in [-0.05, 0) is 31.4 Å². The van der Waals surface area contributed by atoms with Gasteiger partial charge in [0.05, 0.1) is 29.0 Å². The minimum absolute atomic E-state index is 0.0276. The highest BCUT2D eigenvalue weighted by atomic mass is 32.1. The Morgan fingerprint density at radius 1 is 1.38 bits per heavy atom. The van der Waals surface area contributed by atoms with E-state index < -0.39 is 0 Å². The maximum Gasteiger partial charge on any atom is 0.318 e. The molecule has 0 unspecified atom stereocenters. The fourth-order valence-corrected chi connectivity index (χ4v) is 4.12. The number of likely N-dealkylation sites (tertiary alicyclic amines) is 1. The van der Waals surface area contributed by atoms with Crippen LogP contribution < -0.4 is 5.32 Å². The first-order valence-electron chi connectivity index (χ1n) is 8.19. The van der Waals surface area contributed by atoms with Crippen LogP contribution in [0, 0.1) is 0 Å². The van der Waals surface area contributed by atoms with Gasteiger partial charge >= 0.3 is 6.03 Å². The number of piperidine rings is 1. The number of para-hydroxylation sites is 1. The van der Waals surface area contributed by atoms with E-state index in [1.165, 1.54) is 0 Å². The van der Waals surface area contributed by atoms with Crippen LogP contribution in [0.2, 0.25) is 0 Å². The second-order valence-electron chi connectivity index (χ2n) is 5.97. The van der Waals surface area contributed by atoms with Gasteiger partial charge in [0.25, 0.3) is 0 Å². The quantitative estimate of drug-likeness (QED) is 0.766. The lowest BCUT2D eigenvalue weighted by Crippen LogP contribution is -2.44. The average Bonchev–Trinajstić information content (AvgIpc) is 3.28. The van der Waals surface area contributed by atoms with Crippen molar-refractivity contribution in [3.8, 4) is 0 Å². The molecule has 0 aliphatic carbocycles. The highest BCUT2D eigenvalue weighted by molar-refractivity contribution is 7.18. The van der Waals surface area contributed by atoms with Gasteiger partial charge in [0, 0.05) is 18.3 Å². The maximum atomic E-state index is 12.7. The smallest absolute Gasteiger partial charge is 0.318 e. The fourth-order valence-electron chi connectivity index (χ4n) is 3.21. The third kappa shape index (κ3) is 2.99. The van der Waals surface area contributed by atoms with Gasteiger partial charge in [-0.25, -0.2) is 9.78 Å². The summed E-state index contributed by atoms with van der Waals surface area (Å²) in [6.07, 6.45) is 6.85. The molecule has 2 N–H and O–H groups in total. The number of amides is 2. The number of nitrogens with zero attached hydrogens (tertiary/aromatic N) is 3. The van der Waals surface area contributed by atoms with Gasteiger partial charge in [-0.1, -0.05) is 12.1 Å². The van der Waals surface area contributed by atoms with Crippen LogP contribution >= 0.6 is 11.3 Å². The van der Waals surface area contributed by atoms with Crippen LogP contribution in [0.3, 0.4) is 0 Å². The number of aromatic amines is 1. The molecule has 3 aromatic rings. The van der Waals surface area contributed by atoms with Crippen molar-refractivity contribution in [2.24, 2.45) is 0 Å². The summed E-state index contributed by atoms with van der Waals surface area (Å²) in [6, 6.07) is 8.11. The minimum Gasteiger partial charge on any atom is -0.331 e. The lowest BCUT2D eigenvalue weighted by atomic mass is 9.98. The van der Waals surface area contributed by atoms with Crippen molar-refractivity contribution >= 4 is 27.6 Å². The van der Waals surface area contributed by atoms with Crippen molar-refractivity contribution in [1.29, 1.82) is 0 Å². The molecule has 0 spiro atoms. The Morgan fingerprint density at radius 3 is 3.12 bits per heavy atom. The van der Waals surface area contributed by atoms with E-state index in [0.717, 1.165) is 46.6 Å². The molecule has 1 aliphatic heterocycles. The predicted molar refractivity (Wildman–Crippen MR) is 93.7 cm³/mol. The molecule has 124 valence electrons. The molecule has 7 heteroatoms. The van der Waals surface area contributed by atoms with E-state index >= 15 is 0 Å². The molecule has 4 rings (SSSR count). The third-order valence-electron chi connectivity index (χ3n) is 4.40. The lowest BCUT2D eigenvalue weighted by molar-refractivity contribution is 0.151. The van der Waals surface area contributed by atoms with Gasteiger partial charge < -0.3 is 10.2 Å². The van der Waals surface area contributed by atoms with E-state index in [1.54, 1.807) is 11.3 Å². The van der Waals surface area contributed by atoms with Gasteiger partial charge in [0.1, 0.15) is 5.01 Å². The van der Waals surface area contributed by atoms with Crippen molar-refractivity contribution in [3.05, 3.63) is 47.2 Å². The topological polar surface area (TPSA) is 73.9 Å². The molecule has 2 amide bonds. The summed E-state index contributed by atoms with van der Waals surface area (Å²) in [6.45, 7) is 1.24. The molecule has 1 fully saturated rings. The Labute approximate surface area is 143 Å². The van der Waals surface area contributed by atoms with Gasteiger partial charge in [-0.3, -0.25) is 5.10 Å². The normalized spacial score (nSPS) is 18.0. The number of carbonyl (C=O) groups is 1. The predicted octanol–water partition coefficient (Wildman–Crippen LogP) is 3.46. The lowest BCUT2D eigenvalue weighted by Gasteiger charge is -2.35. The van der Waals surface area contributed by atoms with Crippen molar-refractivity contribution < 1.29 is 4.79 Å². The molecule has 1 aliphatic rings. The largest absolute Gasteiger partial charge is 0.331 e. The summed E-state index contributed by atoms with van der Waals surface area (Å²) in [5.74, 6) is 0. The summed E-state index contributed by atoms with van der Waals surface area (Å²) in [5.41, 5.74) is 2.06. The zero-order valence-electron chi connectivity index (χ0n) is 13.2. The van der Waals surface area contributed by atoms with Gasteiger partial charge in [0.2, 0.25) is 0 Å². The summed E-state index contributed by atoms with van der Waals surface area (Å²) in [7, 11) is 0. The van der Waals surface area contributed by atoms with E-state index in [1.807, 2.05) is 35.5 Å². The molecule has 24 heavy (non-hydrogen) atoms. The van der Waals surface area contributed by atoms with Crippen LogP contribution in [0.1, 0.15) is 35.9 Å². The van der Waals surface area contributed by atoms with Crippen molar-refractivity contribution in [2.45, 2.75) is 31.8 Å². The number of hydrogen-bond donors (Lipinski definition) is 2. The Balaban J connectivity index is 1.44. The van der Waals surface area contributed by atoms with Gasteiger partial charge in [-0.15, -0.1) is 11.3 Å². The molecule has 1 saturated heterocycles. The van der Waals surface area contributed by atoms with Gasteiger partial charge in [0.15, 0.2) is 0 Å². The number of urea groups is 1. The Morgan fingerprint density at radius 2 is 2.29 bits per heavy atom. The first-order chi connectivity index (χ1) is 11.8. The summed E-state index contributed by atoms with van der Waals surface area (Å²) < 4.78 is 1.15. The molecule has 0 saturated carbocycles. The molecule has 1 atom stereocenters. The summed E-state index contributed by atoms with van der Waals surface area (Å²) in [4.78, 5) is 19.1. The molecule has 6 nitrogen and oxygen atoms in total. The number of rotatable bonds is 3. The number of benzene rings is 1. The number of aromatic nitrogens is 3. The van der Waals surface area contributed by atoms with Crippen molar-refractivity contribution in [2.75, 3.05) is 6.54 Å². The van der Waals surface area contributed by atoms with Crippen LogP contribution in [0.15, 0.2) is 36.7 Å². The monoisotopic (exact) mass is 341 g/mol. The fraction of sp³-hybridized carbons (Fsp3) is 0.353. The highest BCUT2D eigenvalue weighted by Gasteiger charge is 2.28. The molecule has 1 aromatic carbocycles. The van der Waals surface area contributed by atoms with E-state index in [-0.39, 0.29) is 12.1 Å². The number of thiazole rings is 1. The summed E-state index contributed by atoms with van der Waals surface area (Å²) >= 11 is 1.63. The first-order valence-corrected chi connectivity index (χ1v) is 9.00. The minimum atomic E-state index is -0.0276. The standard InChI is InChI=1S/C17H19N5OS/c23-17(18-11-16-21-13-5-1-2-7-15(13)24-16)22-8-4-3-6-14(22)12-9-19-20-10-12/h1-2,5,7,9-10,14H,3-4,6,8,11H2,(H,18,23)(H,19,20)/t14-/m0/s1. The van der Waals surface area contributed by atoms with Crippen molar-refractivity contribution in [1.82, 2.24) is 25.4 Å². The van der Waals surface area contributed by atoms with E-state index in [9.17, 15) is 4.79 Å². The third-order valence-corrected chi connectivity index (χ3v) is 5.43. The molecule has 0 bridgehead atoms. The van der Waals surface area contributed by atoms with Crippen LogP contribution in [0.4, 0.5) is 4.79 Å². The van der Waals surface area contributed by atoms with E-state index in [2.05, 4.69) is 26.6 Å². The molecular weight excluding hydrogens is 322 g/mol. The van der Waals surface area contributed by atoms with Crippen molar-refractivity contribution in [3.63, 3.8) is 0 Å². The molecular formula is C17H19N5OS. The molecule has 3 heterocycles. The maximum absolute atomic E-state index is 12.7. The van der Waals surface area contributed by atoms with Crippen LogP contribution in [-0.2, 0) is 6.54 Å². The zero-order valence-corrected chi connectivity index (χ0v) is 14.1. The zero-order chi connectivity index (χ0) is 16.4. The van der Waals surface area contributed by atoms with Gasteiger partial charge in [-0.2, -0.15) is 5.10 Å². The average molecular weight is 341 g/mol. The Kier molecular flexibility index (Phi) is 4.17. The van der Waals surface area contributed by atoms with E-state index in [0.29, 0.717) is 6.54 Å². The van der Waals surface area contributed by atoms with E-state index in [4.69, 9.17) is 0 Å². The molecule has 0 radical (unpaired) electrons. The summed E-state index contributed by atoms with van der Waals surface area (Å²) in [5, 5.41) is 10.8. The second-order valence-corrected chi connectivity index (χ2v) is 7.09. The second kappa shape index (κ2) is 6.60. The first kappa shape index (κ1) is 15.1. The number of fused-ring (bicyclic) bond motifs is 1. The van der Waals surface area contributed by atoms with Crippen LogP contribution in [-0.4, -0.2) is 32.7 Å². The molecule has 2 aromatic heterocycles. The Bertz CT molecular complexity index is 796. The Hall–Kier alpha value is -2.41. The van der Waals surface area contributed by atoms with Crippen LogP contribution in [0.5, 0.6) is 0 Å². The number of carbonyl (C=O) groups excluding carboxylic acids is 1. The highest BCUT2D eigenvalue weighted by Crippen LogP contribution is 2.30.